The average Bonchev–Trinajstić information content (AvgIpc) is 2.72. The van der Waals surface area contributed by atoms with E-state index < -0.39 is 0 Å². The van der Waals surface area contributed by atoms with E-state index in [4.69, 9.17) is 4.98 Å². The van der Waals surface area contributed by atoms with Crippen molar-refractivity contribution in [1.82, 2.24) is 15.3 Å². The second-order valence-electron chi connectivity index (χ2n) is 6.99. The van der Waals surface area contributed by atoms with Crippen LogP contribution in [-0.4, -0.2) is 15.9 Å². The number of pyridine rings is 2. The van der Waals surface area contributed by atoms with Crippen LogP contribution in [0.1, 0.15) is 27.0 Å². The molecule has 4 rings (SSSR count). The molecule has 0 unspecified atom stereocenters. The van der Waals surface area contributed by atoms with Crippen LogP contribution in [0.3, 0.4) is 0 Å². The van der Waals surface area contributed by atoms with Gasteiger partial charge in [0.1, 0.15) is 0 Å². The second-order valence-corrected chi connectivity index (χ2v) is 6.99. The molecule has 0 spiro atoms. The number of rotatable bonds is 4. The number of nitrogens with one attached hydrogen (secondary N) is 1. The van der Waals surface area contributed by atoms with E-state index in [0.717, 1.165) is 33.3 Å². The Morgan fingerprint density at radius 3 is 2.61 bits per heavy atom. The Morgan fingerprint density at radius 2 is 1.82 bits per heavy atom. The molecule has 0 aliphatic heterocycles. The number of carbonyl (C=O) groups is 1. The monoisotopic (exact) mass is 367 g/mol. The molecule has 1 amide bonds. The molecule has 28 heavy (non-hydrogen) atoms. The number of hydrogen-bond donors (Lipinski definition) is 1. The zero-order chi connectivity index (χ0) is 19.5. The lowest BCUT2D eigenvalue weighted by Crippen LogP contribution is -2.23. The van der Waals surface area contributed by atoms with Gasteiger partial charge in [0.2, 0.25) is 0 Å². The van der Waals surface area contributed by atoms with E-state index in [1.807, 2.05) is 68.4 Å². The van der Waals surface area contributed by atoms with Crippen molar-refractivity contribution in [1.29, 1.82) is 0 Å². The van der Waals surface area contributed by atoms with Crippen molar-refractivity contribution in [3.8, 4) is 11.3 Å². The van der Waals surface area contributed by atoms with E-state index in [9.17, 15) is 4.79 Å². The molecule has 0 aliphatic carbocycles. The lowest BCUT2D eigenvalue weighted by Gasteiger charge is -2.11. The highest BCUT2D eigenvalue weighted by molar-refractivity contribution is 6.07. The number of benzene rings is 2. The first-order chi connectivity index (χ1) is 13.6. The van der Waals surface area contributed by atoms with Crippen LogP contribution in [-0.2, 0) is 6.54 Å². The van der Waals surface area contributed by atoms with Gasteiger partial charge in [-0.1, -0.05) is 41.5 Å². The molecule has 2 aromatic carbocycles. The fourth-order valence-corrected chi connectivity index (χ4v) is 3.29. The highest BCUT2D eigenvalue weighted by Gasteiger charge is 2.14. The second kappa shape index (κ2) is 7.61. The number of fused-ring (bicyclic) bond motifs is 1. The molecule has 1 N–H and O–H groups in total. The molecule has 2 aromatic heterocycles. The SMILES string of the molecule is Cc1cccc(CNC(=O)c2cc(-c3cccnc3)nc3ccc(C)cc23)c1. The quantitative estimate of drug-likeness (QED) is 0.561. The number of amides is 1. The minimum absolute atomic E-state index is 0.107. The average molecular weight is 367 g/mol. The fourth-order valence-electron chi connectivity index (χ4n) is 3.29. The molecule has 138 valence electrons. The van der Waals surface area contributed by atoms with Crippen LogP contribution in [0.25, 0.3) is 22.2 Å². The first-order valence-corrected chi connectivity index (χ1v) is 9.26. The minimum atomic E-state index is -0.107. The van der Waals surface area contributed by atoms with E-state index in [1.54, 1.807) is 12.4 Å². The minimum Gasteiger partial charge on any atom is -0.348 e. The number of nitrogens with zero attached hydrogens (tertiary/aromatic N) is 2. The number of aryl methyl sites for hydroxylation is 2. The van der Waals surface area contributed by atoms with E-state index in [-0.39, 0.29) is 5.91 Å². The van der Waals surface area contributed by atoms with Crippen molar-refractivity contribution >= 4 is 16.8 Å². The van der Waals surface area contributed by atoms with Gasteiger partial charge in [-0.2, -0.15) is 0 Å². The molecule has 0 saturated carbocycles. The van der Waals surface area contributed by atoms with Gasteiger partial charge in [0.25, 0.3) is 5.91 Å². The fraction of sp³-hybridized carbons (Fsp3) is 0.125. The Labute approximate surface area is 164 Å². The molecule has 0 bridgehead atoms. The molecule has 4 heteroatoms. The Morgan fingerprint density at radius 1 is 0.964 bits per heavy atom. The van der Waals surface area contributed by atoms with Gasteiger partial charge in [-0.15, -0.1) is 0 Å². The highest BCUT2D eigenvalue weighted by atomic mass is 16.1. The van der Waals surface area contributed by atoms with Crippen molar-refractivity contribution in [3.63, 3.8) is 0 Å². The van der Waals surface area contributed by atoms with Crippen LogP contribution in [0.4, 0.5) is 0 Å². The van der Waals surface area contributed by atoms with Crippen LogP contribution in [0, 0.1) is 13.8 Å². The Hall–Kier alpha value is -3.53. The lowest BCUT2D eigenvalue weighted by atomic mass is 10.0. The molecule has 0 fully saturated rings. The van der Waals surface area contributed by atoms with Crippen molar-refractivity contribution in [3.05, 3.63) is 95.3 Å². The molecule has 0 aliphatic rings. The zero-order valence-corrected chi connectivity index (χ0v) is 15.9. The van der Waals surface area contributed by atoms with Crippen molar-refractivity contribution in [2.45, 2.75) is 20.4 Å². The summed E-state index contributed by atoms with van der Waals surface area (Å²) in [5, 5.41) is 3.91. The Bertz CT molecular complexity index is 1150. The maximum atomic E-state index is 13.1. The van der Waals surface area contributed by atoms with E-state index in [2.05, 4.69) is 16.4 Å². The van der Waals surface area contributed by atoms with Crippen molar-refractivity contribution in [2.24, 2.45) is 0 Å². The first-order valence-electron chi connectivity index (χ1n) is 9.26. The Kier molecular flexibility index (Phi) is 4.85. The summed E-state index contributed by atoms with van der Waals surface area (Å²) in [6.45, 7) is 4.55. The largest absolute Gasteiger partial charge is 0.348 e. The van der Waals surface area contributed by atoms with Gasteiger partial charge in [-0.05, 0) is 49.7 Å². The van der Waals surface area contributed by atoms with Gasteiger partial charge in [-0.25, -0.2) is 4.98 Å². The summed E-state index contributed by atoms with van der Waals surface area (Å²) in [6.07, 6.45) is 3.49. The van der Waals surface area contributed by atoms with Crippen LogP contribution in [0.15, 0.2) is 73.1 Å². The molecular formula is C24H21N3O. The van der Waals surface area contributed by atoms with Gasteiger partial charge >= 0.3 is 0 Å². The van der Waals surface area contributed by atoms with E-state index in [0.29, 0.717) is 12.1 Å². The highest BCUT2D eigenvalue weighted by Crippen LogP contribution is 2.25. The summed E-state index contributed by atoms with van der Waals surface area (Å²) in [5.41, 5.74) is 6.40. The summed E-state index contributed by atoms with van der Waals surface area (Å²) in [4.78, 5) is 22.0. The standard InChI is InChI=1S/C24H21N3O/c1-16-5-3-6-18(11-16)14-26-24(28)21-13-23(19-7-4-10-25-15-19)27-22-9-8-17(2)12-20(21)22/h3-13,15H,14H2,1-2H3,(H,26,28). The van der Waals surface area contributed by atoms with Gasteiger partial charge in [0.15, 0.2) is 0 Å². The van der Waals surface area contributed by atoms with Gasteiger partial charge in [0, 0.05) is 29.9 Å². The Balaban J connectivity index is 1.73. The smallest absolute Gasteiger partial charge is 0.252 e. The summed E-state index contributed by atoms with van der Waals surface area (Å²) in [7, 11) is 0. The summed E-state index contributed by atoms with van der Waals surface area (Å²) in [5.74, 6) is -0.107. The predicted octanol–water partition coefficient (Wildman–Crippen LogP) is 4.84. The number of aromatic nitrogens is 2. The van der Waals surface area contributed by atoms with Crippen molar-refractivity contribution in [2.75, 3.05) is 0 Å². The lowest BCUT2D eigenvalue weighted by molar-refractivity contribution is 0.0952. The normalized spacial score (nSPS) is 10.8. The van der Waals surface area contributed by atoms with Crippen LogP contribution in [0.2, 0.25) is 0 Å². The molecule has 4 nitrogen and oxygen atoms in total. The first kappa shape index (κ1) is 17.9. The molecular weight excluding hydrogens is 346 g/mol. The van der Waals surface area contributed by atoms with E-state index >= 15 is 0 Å². The maximum absolute atomic E-state index is 13.1. The van der Waals surface area contributed by atoms with Gasteiger partial charge in [0.05, 0.1) is 16.8 Å². The molecule has 0 atom stereocenters. The van der Waals surface area contributed by atoms with Gasteiger partial charge in [-0.3, -0.25) is 9.78 Å². The summed E-state index contributed by atoms with van der Waals surface area (Å²) in [6, 6.07) is 19.8. The molecule has 0 radical (unpaired) electrons. The van der Waals surface area contributed by atoms with Crippen LogP contribution < -0.4 is 5.32 Å². The van der Waals surface area contributed by atoms with E-state index in [1.165, 1.54) is 5.56 Å². The summed E-state index contributed by atoms with van der Waals surface area (Å²) >= 11 is 0. The molecule has 0 saturated heterocycles. The topological polar surface area (TPSA) is 54.9 Å². The number of hydrogen-bond acceptors (Lipinski definition) is 3. The zero-order valence-electron chi connectivity index (χ0n) is 15.9. The third-order valence-electron chi connectivity index (χ3n) is 4.70. The van der Waals surface area contributed by atoms with Crippen molar-refractivity contribution < 1.29 is 4.79 Å². The summed E-state index contributed by atoms with van der Waals surface area (Å²) < 4.78 is 0. The molecule has 4 aromatic rings. The maximum Gasteiger partial charge on any atom is 0.252 e. The van der Waals surface area contributed by atoms with Crippen LogP contribution in [0.5, 0.6) is 0 Å². The van der Waals surface area contributed by atoms with Crippen LogP contribution >= 0.6 is 0 Å². The third kappa shape index (κ3) is 3.76. The third-order valence-corrected chi connectivity index (χ3v) is 4.70. The van der Waals surface area contributed by atoms with Gasteiger partial charge < -0.3 is 5.32 Å². The molecule has 2 heterocycles. The number of carbonyl (C=O) groups excluding carboxylic acids is 1. The predicted molar refractivity (Wildman–Crippen MR) is 112 cm³/mol.